The molecule has 0 heterocycles. The average Bonchev–Trinajstić information content (AvgIpc) is 2.50. The zero-order chi connectivity index (χ0) is 22.7. The highest BCUT2D eigenvalue weighted by atomic mass is 35.5. The zero-order valence-corrected chi connectivity index (χ0v) is 21.1. The molecule has 168 valence electrons. The number of ether oxygens (including phenoxy) is 2. The molecule has 0 bridgehead atoms. The SMILES string of the molecule is CCOC(O[Si](C)(C)C)(c1cccc(Cl)c1)C(OCC)(O[Si](C)(C)C)C(F)(F)F. The molecule has 0 aliphatic rings. The number of hydrogen-bond donors (Lipinski definition) is 0. The fourth-order valence-corrected chi connectivity index (χ4v) is 5.54. The monoisotopic (exact) mass is 472 g/mol. The van der Waals surface area contributed by atoms with Gasteiger partial charge in [0.25, 0.3) is 5.79 Å². The van der Waals surface area contributed by atoms with Crippen LogP contribution in [-0.4, -0.2) is 41.8 Å². The lowest BCUT2D eigenvalue weighted by atomic mass is 9.95. The molecule has 0 N–H and O–H groups in total. The maximum atomic E-state index is 14.9. The Morgan fingerprint density at radius 3 is 1.76 bits per heavy atom. The Hall–Kier alpha value is -0.426. The van der Waals surface area contributed by atoms with E-state index in [9.17, 15) is 13.2 Å². The largest absolute Gasteiger partial charge is 0.448 e. The lowest BCUT2D eigenvalue weighted by Crippen LogP contribution is -2.70. The molecule has 29 heavy (non-hydrogen) atoms. The van der Waals surface area contributed by atoms with E-state index in [1.807, 2.05) is 0 Å². The van der Waals surface area contributed by atoms with Gasteiger partial charge in [-0.2, -0.15) is 13.2 Å². The Morgan fingerprint density at radius 2 is 1.38 bits per heavy atom. The highest BCUT2D eigenvalue weighted by Gasteiger charge is 2.74. The van der Waals surface area contributed by atoms with Gasteiger partial charge in [0, 0.05) is 23.8 Å². The minimum absolute atomic E-state index is 0.0586. The maximum Gasteiger partial charge on any atom is 0.448 e. The second kappa shape index (κ2) is 9.38. The summed E-state index contributed by atoms with van der Waals surface area (Å²) in [6, 6.07) is 6.03. The van der Waals surface area contributed by atoms with Crippen LogP contribution in [0.5, 0.6) is 0 Å². The van der Waals surface area contributed by atoms with E-state index in [2.05, 4.69) is 0 Å². The van der Waals surface area contributed by atoms with Crippen LogP contribution in [0.2, 0.25) is 44.3 Å². The van der Waals surface area contributed by atoms with Crippen LogP contribution in [0.15, 0.2) is 24.3 Å². The van der Waals surface area contributed by atoms with E-state index < -0.39 is 34.4 Å². The van der Waals surface area contributed by atoms with Gasteiger partial charge in [0.2, 0.25) is 0 Å². The molecule has 2 atom stereocenters. The molecule has 0 spiro atoms. The number of halogens is 4. The first-order valence-electron chi connectivity index (χ1n) is 9.54. The van der Waals surface area contributed by atoms with Crippen LogP contribution in [0.4, 0.5) is 13.2 Å². The van der Waals surface area contributed by atoms with Crippen molar-refractivity contribution in [1.29, 1.82) is 0 Å². The van der Waals surface area contributed by atoms with Crippen LogP contribution < -0.4 is 0 Å². The lowest BCUT2D eigenvalue weighted by Gasteiger charge is -2.52. The van der Waals surface area contributed by atoms with Crippen molar-refractivity contribution < 1.29 is 31.5 Å². The predicted molar refractivity (Wildman–Crippen MR) is 114 cm³/mol. The second-order valence-corrected chi connectivity index (χ2v) is 17.8. The summed E-state index contributed by atoms with van der Waals surface area (Å²) in [5.41, 5.74) is 0.0956. The molecule has 1 rings (SSSR count). The first-order valence-corrected chi connectivity index (χ1v) is 16.7. The number of benzene rings is 1. The standard InChI is InChI=1S/C19H32ClF3O4Si2/c1-9-24-17(26-28(3,4)5,15-12-11-13-16(20)14-15)18(25-10-2,19(21,22)23)27-29(6,7)8/h11-14H,9-10H2,1-8H3. The van der Waals surface area contributed by atoms with Crippen LogP contribution >= 0.6 is 11.6 Å². The number of rotatable bonds is 10. The molecule has 0 saturated heterocycles. The molecular formula is C19H32ClF3O4Si2. The van der Waals surface area contributed by atoms with E-state index in [1.54, 1.807) is 58.3 Å². The van der Waals surface area contributed by atoms with Gasteiger partial charge in [-0.15, -0.1) is 0 Å². The summed E-state index contributed by atoms with van der Waals surface area (Å²) in [6.07, 6.45) is -4.96. The van der Waals surface area contributed by atoms with Crippen LogP contribution in [-0.2, 0) is 24.1 Å². The first kappa shape index (κ1) is 26.6. The summed E-state index contributed by atoms with van der Waals surface area (Å²) < 4.78 is 67.9. The van der Waals surface area contributed by atoms with Crippen molar-refractivity contribution in [1.82, 2.24) is 0 Å². The van der Waals surface area contributed by atoms with Crippen molar-refractivity contribution in [3.63, 3.8) is 0 Å². The Balaban J connectivity index is 4.06. The van der Waals surface area contributed by atoms with Gasteiger partial charge in [-0.25, -0.2) is 0 Å². The molecule has 4 nitrogen and oxygen atoms in total. The molecular weight excluding hydrogens is 441 g/mol. The van der Waals surface area contributed by atoms with E-state index in [0.29, 0.717) is 0 Å². The van der Waals surface area contributed by atoms with Crippen molar-refractivity contribution in [3.05, 3.63) is 34.9 Å². The molecule has 0 saturated carbocycles. The van der Waals surface area contributed by atoms with Crippen LogP contribution in [0.25, 0.3) is 0 Å². The lowest BCUT2D eigenvalue weighted by molar-refractivity contribution is -0.460. The Labute approximate surface area is 178 Å². The third kappa shape index (κ3) is 6.28. The molecule has 1 aromatic rings. The van der Waals surface area contributed by atoms with E-state index in [-0.39, 0.29) is 23.8 Å². The molecule has 1 aromatic carbocycles. The van der Waals surface area contributed by atoms with E-state index in [4.69, 9.17) is 29.9 Å². The number of alkyl halides is 3. The summed E-state index contributed by atoms with van der Waals surface area (Å²) in [7, 11) is -5.46. The van der Waals surface area contributed by atoms with Crippen molar-refractivity contribution in [2.45, 2.75) is 70.9 Å². The third-order valence-electron chi connectivity index (χ3n) is 3.61. The summed E-state index contributed by atoms with van der Waals surface area (Å²) in [4.78, 5) is 0. The predicted octanol–water partition coefficient (Wildman–Crippen LogP) is 6.53. The highest BCUT2D eigenvalue weighted by Crippen LogP contribution is 2.53. The third-order valence-corrected chi connectivity index (χ3v) is 5.64. The zero-order valence-electron chi connectivity index (χ0n) is 18.4. The summed E-state index contributed by atoms with van der Waals surface area (Å²) >= 11 is 6.14. The summed E-state index contributed by atoms with van der Waals surface area (Å²) in [6.45, 7) is 13.1. The molecule has 0 aliphatic heterocycles. The number of hydrogen-bond acceptors (Lipinski definition) is 4. The first-order chi connectivity index (χ1) is 13.0. The van der Waals surface area contributed by atoms with E-state index >= 15 is 0 Å². The molecule has 0 amide bonds. The topological polar surface area (TPSA) is 36.9 Å². The van der Waals surface area contributed by atoms with Gasteiger partial charge in [-0.1, -0.05) is 23.7 Å². The summed E-state index contributed by atoms with van der Waals surface area (Å²) in [5, 5.41) is 0.256. The Morgan fingerprint density at radius 1 is 0.862 bits per heavy atom. The van der Waals surface area contributed by atoms with Gasteiger partial charge < -0.3 is 18.3 Å². The van der Waals surface area contributed by atoms with Crippen LogP contribution in [0.1, 0.15) is 19.4 Å². The van der Waals surface area contributed by atoms with Crippen molar-refractivity contribution in [3.8, 4) is 0 Å². The van der Waals surface area contributed by atoms with Crippen molar-refractivity contribution >= 4 is 28.2 Å². The molecule has 0 aromatic heterocycles. The normalized spacial score (nSPS) is 17.7. The molecule has 0 radical (unpaired) electrons. The van der Waals surface area contributed by atoms with Gasteiger partial charge in [0.15, 0.2) is 16.6 Å². The highest BCUT2D eigenvalue weighted by molar-refractivity contribution is 6.70. The van der Waals surface area contributed by atoms with Gasteiger partial charge in [-0.05, 0) is 65.3 Å². The fraction of sp³-hybridized carbons (Fsp3) is 0.684. The minimum Gasteiger partial charge on any atom is -0.383 e. The van der Waals surface area contributed by atoms with Crippen molar-refractivity contribution in [2.75, 3.05) is 13.2 Å². The summed E-state index contributed by atoms with van der Waals surface area (Å²) in [5.74, 6) is -5.55. The van der Waals surface area contributed by atoms with E-state index in [1.165, 1.54) is 19.1 Å². The van der Waals surface area contributed by atoms with Crippen molar-refractivity contribution in [2.24, 2.45) is 0 Å². The minimum atomic E-state index is -4.96. The van der Waals surface area contributed by atoms with E-state index in [0.717, 1.165) is 0 Å². The Bertz CT molecular complexity index is 677. The smallest absolute Gasteiger partial charge is 0.383 e. The van der Waals surface area contributed by atoms with Gasteiger partial charge in [0.05, 0.1) is 0 Å². The van der Waals surface area contributed by atoms with Gasteiger partial charge in [-0.3, -0.25) is 0 Å². The fourth-order valence-electron chi connectivity index (χ4n) is 3.00. The Kier molecular flexibility index (Phi) is 8.60. The molecule has 0 fully saturated rings. The van der Waals surface area contributed by atoms with Gasteiger partial charge in [0.1, 0.15) is 0 Å². The molecule has 0 aliphatic carbocycles. The second-order valence-electron chi connectivity index (χ2n) is 8.54. The van der Waals surface area contributed by atoms with Crippen LogP contribution in [0.3, 0.4) is 0 Å². The molecule has 2 unspecified atom stereocenters. The molecule has 10 heteroatoms. The quantitative estimate of drug-likeness (QED) is 0.286. The van der Waals surface area contributed by atoms with Crippen LogP contribution in [0, 0.1) is 0 Å². The average molecular weight is 473 g/mol. The van der Waals surface area contributed by atoms with Gasteiger partial charge >= 0.3 is 12.0 Å². The maximum absolute atomic E-state index is 14.9.